The van der Waals surface area contributed by atoms with Crippen molar-refractivity contribution in [1.82, 2.24) is 35.2 Å². The number of nitrogens with one attached hydrogen (secondary N) is 2. The Morgan fingerprint density at radius 3 is 2.43 bits per heavy atom. The lowest BCUT2D eigenvalue weighted by Crippen LogP contribution is -2.71. The van der Waals surface area contributed by atoms with Gasteiger partial charge in [-0.05, 0) is 25.5 Å². The molecule has 4 heterocycles. The fourth-order valence-electron chi connectivity index (χ4n) is 6.41. The molecule has 1 aromatic carbocycles. The molecule has 2 aliphatic heterocycles. The third-order valence-electron chi connectivity index (χ3n) is 9.35. The lowest BCUT2D eigenvalue weighted by atomic mass is 10.0. The first-order chi connectivity index (χ1) is 28.9. The van der Waals surface area contributed by atoms with Gasteiger partial charge in [-0.15, -0.1) is 11.8 Å². The van der Waals surface area contributed by atoms with Crippen molar-refractivity contribution in [3.8, 4) is 11.5 Å². The summed E-state index contributed by atoms with van der Waals surface area (Å²) in [5, 5.41) is 60.1. The number of carboxylic acids is 3. The molecule has 0 unspecified atom stereocenters. The first-order valence-electron chi connectivity index (χ1n) is 18.4. The maximum atomic E-state index is 13.6. The van der Waals surface area contributed by atoms with Gasteiger partial charge in [0.15, 0.2) is 28.0 Å². The van der Waals surface area contributed by atoms with Crippen LogP contribution in [0.25, 0.3) is 10.9 Å². The van der Waals surface area contributed by atoms with Crippen molar-refractivity contribution in [2.75, 3.05) is 37.7 Å². The number of halogens is 2. The number of nitrogens with zero attached hydrogens (tertiary/aromatic N) is 6. The van der Waals surface area contributed by atoms with Gasteiger partial charge in [0, 0.05) is 38.0 Å². The van der Waals surface area contributed by atoms with E-state index in [0.717, 1.165) is 46.9 Å². The Hall–Kier alpha value is -5.69. The number of carbonyl (C=O) groups excluding carboxylic acids is 3. The molecule has 61 heavy (non-hydrogen) atoms. The van der Waals surface area contributed by atoms with Crippen molar-refractivity contribution in [2.24, 2.45) is 5.16 Å². The average molecular weight is 929 g/mol. The quantitative estimate of drug-likeness (QED) is 0.0262. The van der Waals surface area contributed by atoms with Crippen LogP contribution in [0.5, 0.6) is 11.5 Å². The number of anilines is 1. The Balaban J connectivity index is 1.32. The molecule has 26 heteroatoms. The summed E-state index contributed by atoms with van der Waals surface area (Å²) in [6.45, 7) is 4.57. The third kappa shape index (κ3) is 10.1. The first kappa shape index (κ1) is 46.4. The number of carboxylic acid groups (broad SMARTS) is 3. The number of aromatic hydroxyl groups is 2. The number of amides is 3. The van der Waals surface area contributed by atoms with Gasteiger partial charge in [-0.2, -0.15) is 5.10 Å². The van der Waals surface area contributed by atoms with E-state index < -0.39 is 92.9 Å². The molecule has 2 aromatic heterocycles. The molecule has 0 radical (unpaired) electrons. The number of thioether (sulfide) groups is 1. The van der Waals surface area contributed by atoms with Crippen LogP contribution < -0.4 is 21.8 Å². The molecule has 2 aliphatic rings. The highest BCUT2D eigenvalue weighted by Gasteiger charge is 2.54. The van der Waals surface area contributed by atoms with Crippen LogP contribution in [0.3, 0.4) is 0 Å². The Labute approximate surface area is 362 Å². The van der Waals surface area contributed by atoms with Crippen LogP contribution in [0.15, 0.2) is 27.3 Å². The fraction of sp³-hybridized carbons (Fsp3) is 0.429. The predicted molar refractivity (Wildman–Crippen MR) is 221 cm³/mol. The zero-order valence-corrected chi connectivity index (χ0v) is 35.4. The Morgan fingerprint density at radius 1 is 1.10 bits per heavy atom. The minimum absolute atomic E-state index is 0.0151. The van der Waals surface area contributed by atoms with Crippen LogP contribution >= 0.6 is 46.3 Å². The minimum atomic E-state index is -2.02. The van der Waals surface area contributed by atoms with Gasteiger partial charge < -0.3 is 46.7 Å². The molecule has 0 saturated carbocycles. The van der Waals surface area contributed by atoms with Crippen LogP contribution in [0.4, 0.5) is 5.13 Å². The van der Waals surface area contributed by atoms with E-state index in [1.54, 1.807) is 6.92 Å². The molecule has 1 saturated heterocycles. The minimum Gasteiger partial charge on any atom is -0.504 e. The van der Waals surface area contributed by atoms with Gasteiger partial charge in [-0.3, -0.25) is 38.5 Å². The number of unbranched alkanes of at least 4 members (excludes halogenated alkanes) is 2. The number of rotatable bonds is 20. The summed E-state index contributed by atoms with van der Waals surface area (Å²) in [6.07, 6.45) is -0.620. The SMILES string of the molecule is CCCCCN(CCNC(=O)c1nn(CC)c2cc(O)c(O)c(Cl)c2c1=O)CC1=C(C(=O)O)N2C(=O)[C@@H](NC(=O)/C(=N\O[C@@H](CC(=O)O)C(=O)O)c3nc(N)sc3Cl)[C@H]2SC1. The number of aryl methyl sites for hydroxylation is 1. The van der Waals surface area contributed by atoms with Crippen molar-refractivity contribution >= 4 is 104 Å². The molecule has 9 N–H and O–H groups in total. The number of hydrogen-bond acceptors (Lipinski definition) is 17. The summed E-state index contributed by atoms with van der Waals surface area (Å²) in [5.41, 5.74) is 3.45. The molecule has 0 spiro atoms. The number of β-lactam (4-membered cyclic amide) rings is 1. The molecule has 1 fully saturated rings. The number of hydrogen-bond donors (Lipinski definition) is 8. The number of phenols is 2. The van der Waals surface area contributed by atoms with E-state index in [1.165, 1.54) is 4.68 Å². The largest absolute Gasteiger partial charge is 0.504 e. The molecule has 22 nitrogen and oxygen atoms in total. The van der Waals surface area contributed by atoms with Crippen LogP contribution in [-0.4, -0.2) is 141 Å². The topological polar surface area (TPSA) is 329 Å². The van der Waals surface area contributed by atoms with Crippen LogP contribution in [0.1, 0.15) is 55.7 Å². The highest BCUT2D eigenvalue weighted by atomic mass is 35.5. The molecule has 5 rings (SSSR count). The van der Waals surface area contributed by atoms with Gasteiger partial charge in [0.25, 0.3) is 17.7 Å². The van der Waals surface area contributed by atoms with E-state index in [4.69, 9.17) is 38.9 Å². The zero-order chi connectivity index (χ0) is 44.9. The molecule has 0 bridgehead atoms. The number of benzene rings is 1. The fourth-order valence-corrected chi connectivity index (χ4v) is 8.95. The van der Waals surface area contributed by atoms with Crippen LogP contribution in [0, 0.1) is 0 Å². The number of carbonyl (C=O) groups is 6. The molecule has 3 aromatic rings. The van der Waals surface area contributed by atoms with E-state index in [2.05, 4.69) is 25.9 Å². The average Bonchev–Trinajstić information content (AvgIpc) is 3.54. The van der Waals surface area contributed by atoms with Crippen LogP contribution in [0.2, 0.25) is 9.36 Å². The van der Waals surface area contributed by atoms with Gasteiger partial charge in [0.2, 0.25) is 11.5 Å². The predicted octanol–water partition coefficient (Wildman–Crippen LogP) is 1.48. The molecular formula is C35H39Cl2N9O13S2. The molecule has 3 atom stereocenters. The summed E-state index contributed by atoms with van der Waals surface area (Å²) in [5.74, 6) is -8.60. The maximum Gasteiger partial charge on any atom is 0.352 e. The highest BCUT2D eigenvalue weighted by Crippen LogP contribution is 2.41. The Morgan fingerprint density at radius 2 is 1.82 bits per heavy atom. The number of phenolic OH excluding ortho intramolecular Hbond substituents is 2. The van der Waals surface area contributed by atoms with Gasteiger partial charge >= 0.3 is 17.9 Å². The van der Waals surface area contributed by atoms with Gasteiger partial charge in [0.1, 0.15) is 27.1 Å². The molecule has 3 amide bonds. The van der Waals surface area contributed by atoms with E-state index in [9.17, 15) is 54.0 Å². The lowest BCUT2D eigenvalue weighted by Gasteiger charge is -2.49. The highest BCUT2D eigenvalue weighted by molar-refractivity contribution is 8.00. The summed E-state index contributed by atoms with van der Waals surface area (Å²) < 4.78 is 1.12. The molecule has 328 valence electrons. The standard InChI is InChI=1S/C35H39Cl2N9O13S2/c1-3-5-6-8-44(9-7-39-29(52)23-27(51)19-15(45(4-2)42-23)10-16(47)26(50)20(19)36)12-14-13-60-32-24(31(54)46(32)25(14)34(57)58)40-30(53)22(21-28(37)61-35(38)41-21)43-59-17(33(55)56)11-18(48)49/h10,17,24,32,47,50H,3-9,11-13H2,1-2H3,(H2,38,41)(H,39,52)(H,40,53)(H,48,49)(H,55,56)(H,57,58)/b43-22-/t17-,24+,32+/m0/s1. The van der Waals surface area contributed by atoms with Gasteiger partial charge in [-0.25, -0.2) is 14.6 Å². The lowest BCUT2D eigenvalue weighted by molar-refractivity contribution is -0.156. The summed E-state index contributed by atoms with van der Waals surface area (Å²) in [4.78, 5) is 101. The number of aromatic nitrogens is 3. The first-order valence-corrected chi connectivity index (χ1v) is 21.0. The van der Waals surface area contributed by atoms with Crippen molar-refractivity contribution in [3.05, 3.63) is 48.3 Å². The number of nitrogens with two attached hydrogens (primary N) is 1. The van der Waals surface area contributed by atoms with E-state index in [1.807, 2.05) is 11.8 Å². The van der Waals surface area contributed by atoms with Gasteiger partial charge in [-0.1, -0.05) is 59.5 Å². The van der Waals surface area contributed by atoms with E-state index in [-0.39, 0.29) is 63.7 Å². The monoisotopic (exact) mass is 927 g/mol. The number of nitrogen functional groups attached to an aromatic ring is 1. The van der Waals surface area contributed by atoms with Crippen molar-refractivity contribution in [2.45, 2.75) is 63.6 Å². The maximum absolute atomic E-state index is 13.6. The molecule has 0 aliphatic carbocycles. The number of fused-ring (bicyclic) bond motifs is 2. The van der Waals surface area contributed by atoms with Crippen LogP contribution in [-0.2, 0) is 35.4 Å². The third-order valence-corrected chi connectivity index (χ3v) is 12.1. The number of thiazole rings is 1. The Bertz CT molecular complexity index is 2410. The Kier molecular flexibility index (Phi) is 15.0. The number of oxime groups is 1. The second-order valence-electron chi connectivity index (χ2n) is 13.4. The second-order valence-corrected chi connectivity index (χ2v) is 16.6. The van der Waals surface area contributed by atoms with Crippen molar-refractivity contribution in [3.63, 3.8) is 0 Å². The molecular weight excluding hydrogens is 889 g/mol. The second kappa shape index (κ2) is 19.8. The summed E-state index contributed by atoms with van der Waals surface area (Å²) in [7, 11) is 0. The summed E-state index contributed by atoms with van der Waals surface area (Å²) in [6, 6.07) is -0.184. The van der Waals surface area contributed by atoms with E-state index >= 15 is 0 Å². The van der Waals surface area contributed by atoms with Gasteiger partial charge in [0.05, 0.1) is 22.3 Å². The van der Waals surface area contributed by atoms with Crippen molar-refractivity contribution in [1.29, 1.82) is 0 Å². The normalized spacial score (nSPS) is 16.9. The smallest absolute Gasteiger partial charge is 0.352 e. The van der Waals surface area contributed by atoms with E-state index in [0.29, 0.717) is 18.5 Å². The zero-order valence-electron chi connectivity index (χ0n) is 32.2. The summed E-state index contributed by atoms with van der Waals surface area (Å²) >= 11 is 14.3. The number of aliphatic carboxylic acids is 3. The van der Waals surface area contributed by atoms with Crippen molar-refractivity contribution < 1.29 is 59.1 Å².